The number of aliphatic hydroxyl groups is 14. The molecule has 0 aromatic heterocycles. The fourth-order valence-electron chi connectivity index (χ4n) is 11.2. The van der Waals surface area contributed by atoms with Crippen molar-refractivity contribution in [2.24, 2.45) is 16.2 Å². The summed E-state index contributed by atoms with van der Waals surface area (Å²) in [4.78, 5) is 133. The van der Waals surface area contributed by atoms with Gasteiger partial charge in [0.25, 0.3) is 0 Å². The van der Waals surface area contributed by atoms with Crippen LogP contribution in [0.25, 0.3) is 0 Å². The highest BCUT2D eigenvalue weighted by molar-refractivity contribution is 5.99. The number of aliphatic hydroxyl groups excluding tert-OH is 14. The molecule has 0 amide bonds. The standard InChI is InChI=1S/3C21H28O12.C15H18O8/c1-21(10-29-2,11-31-20(28)30-9-14(24)12-6-4-3-5-7-12)19(27)33-18-16(26)15(25)17(32-18)13(23)8-22;1-21(10-29-2,11-31-20(28)30-9-14(24)12-6-4-3-5-7-12)19(27)33-17-15(25)18(26)32-16(17)13(23)8-22;1-21(10-29-2,11-32-20(28)31-8-13(22)12-6-4-3-5-7-12)19(27)30-9-14-15(23)16(24)17(25)18(26)33-14;1-20-8-11-13(12(17)14(18)22-11)23-15(19)21-7-10(16)9-5-3-2-4-6-9/h2*3-7,13,15-18,22-23,25-26H,8-11H2,1-2H3;3-7,14-18,23-26H,8-11H2,1-2H3;2-6,11-14,17-18H,7-8H2,1H3/t13?,15-,16+,17-,18?,21?;13?,15-,16-,17?,18+,21?;;11-,12-,13+,14+/m11.1/s1. The van der Waals surface area contributed by atoms with Crippen LogP contribution in [-0.4, -0.2) is 375 Å². The first kappa shape index (κ1) is 103. The van der Waals surface area contributed by atoms with Crippen LogP contribution in [-0.2, 0) is 104 Å². The molecule has 4 aliphatic rings. The predicted octanol–water partition coefficient (Wildman–Crippen LogP) is -2.83. The number of carbonyl (C=O) groups is 11. The van der Waals surface area contributed by atoms with E-state index >= 15 is 0 Å². The Morgan fingerprint density at radius 2 is 0.672 bits per heavy atom. The van der Waals surface area contributed by atoms with Gasteiger partial charge in [-0.1, -0.05) is 121 Å². The minimum absolute atomic E-state index is 0.00894. The topological polar surface area (TPSA) is 646 Å². The molecule has 0 spiro atoms. The summed E-state index contributed by atoms with van der Waals surface area (Å²) in [6.45, 7) is -2.62. The van der Waals surface area contributed by atoms with Crippen molar-refractivity contribution < 1.29 is 214 Å². The van der Waals surface area contributed by atoms with Gasteiger partial charge in [-0.05, 0) is 20.8 Å². The summed E-state index contributed by atoms with van der Waals surface area (Å²) >= 11 is 0. The summed E-state index contributed by atoms with van der Waals surface area (Å²) in [5.74, 6) is -4.64. The molecule has 122 heavy (non-hydrogen) atoms. The summed E-state index contributed by atoms with van der Waals surface area (Å²) < 4.78 is 94.1. The Bertz CT molecular complexity index is 3920. The number of methoxy groups -OCH3 is 4. The number of benzene rings is 4. The number of Topliss-reactive ketones (excluding diaryl/α,β-unsaturated/α-hetero) is 4. The number of esters is 3. The van der Waals surface area contributed by atoms with Crippen LogP contribution >= 0.6 is 0 Å². The predicted molar refractivity (Wildman–Crippen MR) is 400 cm³/mol. The van der Waals surface area contributed by atoms with Gasteiger partial charge in [-0.3, -0.25) is 33.6 Å². The van der Waals surface area contributed by atoms with Crippen LogP contribution in [0.3, 0.4) is 0 Å². The lowest BCUT2D eigenvalue weighted by atomic mass is 9.92. The molecule has 0 bridgehead atoms. The SMILES string of the molecule is COCC(C)(COC(=O)OCC(=O)c1ccccc1)C(=O)OC1O[C@H](C(O)CO)[C@H](O)[C@@H]1O.COCC(C)(COC(=O)OCC(=O)c1ccccc1)C(=O)OC1[C@@H](C(O)CO)O[C@H](O)[C@@H]1O.COCC(C)(COC(=O)OCC(=O)c1ccccc1)C(=O)OCC1OC(O)C(O)C(O)C1O.COC[C@H]1O[C@H](O)[C@H](O)[C@H]1OC(=O)OCC(=O)c1ccccc1. The Balaban J connectivity index is 0.000000292. The maximum atomic E-state index is 12.8. The van der Waals surface area contributed by atoms with Gasteiger partial charge >= 0.3 is 42.5 Å². The normalized spacial score (nSPS) is 25.8. The van der Waals surface area contributed by atoms with Crippen LogP contribution in [0.2, 0.25) is 0 Å². The molecule has 0 aliphatic carbocycles. The average molecular weight is 1740 g/mol. The molecule has 678 valence electrons. The number of hydrogen-bond acceptors (Lipinski definition) is 44. The molecule has 4 heterocycles. The van der Waals surface area contributed by atoms with Gasteiger partial charge in [0.1, 0.15) is 122 Å². The molecular weight excluding hydrogens is 1640 g/mol. The fraction of sp³-hybridized carbons (Fsp3) is 0.551. The van der Waals surface area contributed by atoms with Crippen LogP contribution in [0.4, 0.5) is 19.2 Å². The van der Waals surface area contributed by atoms with Gasteiger partial charge in [0.2, 0.25) is 6.29 Å². The van der Waals surface area contributed by atoms with Crippen molar-refractivity contribution in [3.63, 3.8) is 0 Å². The van der Waals surface area contributed by atoms with Crippen molar-refractivity contribution in [2.45, 2.75) is 137 Å². The molecule has 12 unspecified atom stereocenters. The Morgan fingerprint density at radius 1 is 0.328 bits per heavy atom. The number of hydrogen-bond donors (Lipinski definition) is 14. The molecule has 4 aliphatic heterocycles. The minimum atomic E-state index is -1.78. The van der Waals surface area contributed by atoms with Gasteiger partial charge in [0, 0.05) is 50.7 Å². The molecule has 4 aromatic carbocycles. The Labute approximate surface area is 695 Å². The van der Waals surface area contributed by atoms with Crippen molar-refractivity contribution in [1.82, 2.24) is 0 Å². The largest absolute Gasteiger partial charge is 0.509 e. The molecule has 0 radical (unpaired) electrons. The highest BCUT2D eigenvalue weighted by Crippen LogP contribution is 2.32. The Hall–Kier alpha value is -9.83. The summed E-state index contributed by atoms with van der Waals surface area (Å²) in [5, 5.41) is 135. The van der Waals surface area contributed by atoms with E-state index in [9.17, 15) is 114 Å². The first-order chi connectivity index (χ1) is 57.9. The lowest BCUT2D eigenvalue weighted by molar-refractivity contribution is -0.288. The van der Waals surface area contributed by atoms with Gasteiger partial charge in [-0.2, -0.15) is 0 Å². The molecular formula is C78H102O44. The molecule has 4 aromatic rings. The highest BCUT2D eigenvalue weighted by Gasteiger charge is 2.53. The van der Waals surface area contributed by atoms with E-state index < -0.39 is 259 Å². The molecule has 0 saturated carbocycles. The summed E-state index contributed by atoms with van der Waals surface area (Å²) in [6.07, 6.45) is -33.5. The van der Waals surface area contributed by atoms with Gasteiger partial charge in [-0.25, -0.2) is 19.2 Å². The first-order valence-corrected chi connectivity index (χ1v) is 37.0. The van der Waals surface area contributed by atoms with E-state index in [2.05, 4.69) is 0 Å². The third-order valence-electron chi connectivity index (χ3n) is 18.1. The zero-order chi connectivity index (χ0) is 90.6. The number of rotatable bonds is 38. The molecule has 44 heteroatoms. The Kier molecular flexibility index (Phi) is 42.7. The summed E-state index contributed by atoms with van der Waals surface area (Å²) in [7, 11) is 5.29. The third-order valence-corrected chi connectivity index (χ3v) is 18.1. The summed E-state index contributed by atoms with van der Waals surface area (Å²) in [6, 6.07) is 32.8. The van der Waals surface area contributed by atoms with Crippen molar-refractivity contribution >= 4 is 65.7 Å². The van der Waals surface area contributed by atoms with E-state index in [1.807, 2.05) is 0 Å². The van der Waals surface area contributed by atoms with Crippen LogP contribution in [0.1, 0.15) is 62.2 Å². The maximum absolute atomic E-state index is 12.8. The average Bonchev–Trinajstić information content (AvgIpc) is 1.71. The molecule has 22 atom stereocenters. The van der Waals surface area contributed by atoms with Crippen LogP contribution < -0.4 is 0 Å². The van der Waals surface area contributed by atoms with Crippen molar-refractivity contribution in [3.05, 3.63) is 144 Å². The minimum Gasteiger partial charge on any atom is -0.462 e. The zero-order valence-corrected chi connectivity index (χ0v) is 66.9. The second-order valence-corrected chi connectivity index (χ2v) is 28.1. The maximum Gasteiger partial charge on any atom is 0.509 e. The number of carbonyl (C=O) groups excluding carboxylic acids is 11. The fourth-order valence-corrected chi connectivity index (χ4v) is 11.2. The van der Waals surface area contributed by atoms with Crippen LogP contribution in [0.5, 0.6) is 0 Å². The van der Waals surface area contributed by atoms with Crippen molar-refractivity contribution in [1.29, 1.82) is 0 Å². The summed E-state index contributed by atoms with van der Waals surface area (Å²) in [5.41, 5.74) is -3.20. The van der Waals surface area contributed by atoms with E-state index in [1.165, 1.54) is 49.2 Å². The lowest BCUT2D eigenvalue weighted by Gasteiger charge is -2.38. The van der Waals surface area contributed by atoms with Gasteiger partial charge in [0.05, 0.1) is 39.6 Å². The van der Waals surface area contributed by atoms with E-state index in [1.54, 1.807) is 121 Å². The molecule has 4 fully saturated rings. The monoisotopic (exact) mass is 1740 g/mol. The highest BCUT2D eigenvalue weighted by atomic mass is 16.8. The van der Waals surface area contributed by atoms with Gasteiger partial charge in [-0.15, -0.1) is 0 Å². The first-order valence-electron chi connectivity index (χ1n) is 37.0. The Morgan fingerprint density at radius 3 is 1.06 bits per heavy atom. The van der Waals surface area contributed by atoms with Gasteiger partial charge < -0.3 is 161 Å². The van der Waals surface area contributed by atoms with Crippen LogP contribution in [0.15, 0.2) is 121 Å². The van der Waals surface area contributed by atoms with Gasteiger partial charge in [0.15, 0.2) is 80.6 Å². The van der Waals surface area contributed by atoms with Crippen LogP contribution in [0, 0.1) is 16.2 Å². The molecule has 14 N–H and O–H groups in total. The lowest BCUT2D eigenvalue weighted by Crippen LogP contribution is -2.59. The quantitative estimate of drug-likeness (QED) is 0.0122. The number of ether oxygens (including phenoxy) is 19. The molecule has 4 saturated heterocycles. The number of ketones is 4. The van der Waals surface area contributed by atoms with Crippen molar-refractivity contribution in [2.75, 3.05) is 121 Å². The second kappa shape index (κ2) is 50.7. The molecule has 44 nitrogen and oxygen atoms in total. The smallest absolute Gasteiger partial charge is 0.462 e. The van der Waals surface area contributed by atoms with Crippen molar-refractivity contribution in [3.8, 4) is 0 Å². The second-order valence-electron chi connectivity index (χ2n) is 28.1. The van der Waals surface area contributed by atoms with E-state index in [0.717, 1.165) is 0 Å². The molecule has 8 rings (SSSR count). The van der Waals surface area contributed by atoms with E-state index in [-0.39, 0.29) is 32.2 Å². The van der Waals surface area contributed by atoms with E-state index in [0.29, 0.717) is 22.3 Å². The van der Waals surface area contributed by atoms with E-state index in [4.69, 9.17) is 100 Å². The third kappa shape index (κ3) is 30.9. The zero-order valence-electron chi connectivity index (χ0n) is 66.9.